The summed E-state index contributed by atoms with van der Waals surface area (Å²) in [6, 6.07) is 0. The van der Waals surface area contributed by atoms with Gasteiger partial charge < -0.3 is 10.1 Å². The van der Waals surface area contributed by atoms with E-state index < -0.39 is 10.0 Å². The Morgan fingerprint density at radius 2 is 2.20 bits per heavy atom. The van der Waals surface area contributed by atoms with Crippen molar-refractivity contribution in [1.82, 2.24) is 19.8 Å². The molecule has 2 aliphatic rings. The number of aryl methyl sites for hydroxylation is 2. The molecule has 1 aliphatic heterocycles. The van der Waals surface area contributed by atoms with Crippen molar-refractivity contribution in [2.45, 2.75) is 44.6 Å². The summed E-state index contributed by atoms with van der Waals surface area (Å²) in [5.41, 5.74) is 3.51. The maximum absolute atomic E-state index is 12.1. The maximum Gasteiger partial charge on any atom is 0.220 e. The molecule has 0 radical (unpaired) electrons. The number of amides is 1. The van der Waals surface area contributed by atoms with Crippen molar-refractivity contribution in [2.24, 2.45) is 0 Å². The van der Waals surface area contributed by atoms with Crippen LogP contribution in [0.15, 0.2) is 0 Å². The maximum atomic E-state index is 12.1. The van der Waals surface area contributed by atoms with E-state index in [1.165, 1.54) is 34.7 Å². The fraction of sp³-hybridized carbons (Fsp3) is 0.750. The van der Waals surface area contributed by atoms with Gasteiger partial charge in [0.15, 0.2) is 0 Å². The largest absolute Gasteiger partial charge is 0.374 e. The highest BCUT2D eigenvalue weighted by atomic mass is 32.2. The van der Waals surface area contributed by atoms with E-state index in [1.54, 1.807) is 0 Å². The predicted molar refractivity (Wildman–Crippen MR) is 92.7 cm³/mol. The predicted octanol–water partition coefficient (Wildman–Crippen LogP) is -0.00230. The molecule has 0 aromatic carbocycles. The molecule has 8 nitrogen and oxygen atoms in total. The smallest absolute Gasteiger partial charge is 0.220 e. The van der Waals surface area contributed by atoms with Crippen molar-refractivity contribution >= 4 is 15.9 Å². The van der Waals surface area contributed by atoms with Crippen LogP contribution in [-0.4, -0.2) is 67.4 Å². The lowest BCUT2D eigenvalue weighted by atomic mass is 9.94. The van der Waals surface area contributed by atoms with Crippen LogP contribution in [0.2, 0.25) is 0 Å². The minimum absolute atomic E-state index is 0.0624. The van der Waals surface area contributed by atoms with Gasteiger partial charge in [0.2, 0.25) is 15.9 Å². The van der Waals surface area contributed by atoms with E-state index in [1.807, 2.05) is 0 Å². The molecule has 2 heterocycles. The summed E-state index contributed by atoms with van der Waals surface area (Å²) >= 11 is 0. The molecular formula is C16H26N4O4S. The standard InChI is InChI=1S/C16H26N4O4S/c1-25(22,23)20-8-9-24-12(11-20)10-17-16(21)7-6-15-13-4-2-3-5-14(13)18-19-15/h12H,2-11H2,1H3,(H,17,21)(H,18,19). The van der Waals surface area contributed by atoms with Crippen LogP contribution in [0.25, 0.3) is 0 Å². The van der Waals surface area contributed by atoms with Gasteiger partial charge in [-0.05, 0) is 31.2 Å². The molecule has 0 bridgehead atoms. The number of aromatic nitrogens is 2. The highest BCUT2D eigenvalue weighted by Gasteiger charge is 2.26. The van der Waals surface area contributed by atoms with Gasteiger partial charge in [0.25, 0.3) is 0 Å². The third kappa shape index (κ3) is 4.80. The summed E-state index contributed by atoms with van der Waals surface area (Å²) in [4.78, 5) is 12.1. The second kappa shape index (κ2) is 7.84. The first-order valence-electron chi connectivity index (χ1n) is 8.82. The number of hydrogen-bond acceptors (Lipinski definition) is 5. The molecule has 25 heavy (non-hydrogen) atoms. The van der Waals surface area contributed by atoms with E-state index in [4.69, 9.17) is 4.74 Å². The van der Waals surface area contributed by atoms with E-state index in [0.717, 1.165) is 18.5 Å². The molecule has 1 aromatic rings. The number of H-pyrrole nitrogens is 1. The number of aromatic amines is 1. The second-order valence-electron chi connectivity index (χ2n) is 6.75. The van der Waals surface area contributed by atoms with Crippen LogP contribution in [0.3, 0.4) is 0 Å². The molecule has 1 aliphatic carbocycles. The molecule has 1 amide bonds. The second-order valence-corrected chi connectivity index (χ2v) is 8.73. The zero-order valence-corrected chi connectivity index (χ0v) is 15.4. The number of fused-ring (bicyclic) bond motifs is 1. The zero-order valence-electron chi connectivity index (χ0n) is 14.6. The van der Waals surface area contributed by atoms with Crippen molar-refractivity contribution in [3.05, 3.63) is 17.0 Å². The monoisotopic (exact) mass is 370 g/mol. The summed E-state index contributed by atoms with van der Waals surface area (Å²) in [5, 5.41) is 10.3. The number of hydrogen-bond donors (Lipinski definition) is 2. The van der Waals surface area contributed by atoms with Crippen LogP contribution in [0.5, 0.6) is 0 Å². The molecule has 140 valence electrons. The highest BCUT2D eigenvalue weighted by Crippen LogP contribution is 2.22. The Kier molecular flexibility index (Phi) is 5.75. The first-order chi connectivity index (χ1) is 11.9. The average Bonchev–Trinajstić information content (AvgIpc) is 3.01. The molecule has 1 unspecified atom stereocenters. The number of rotatable bonds is 6. The Morgan fingerprint density at radius 3 is 3.00 bits per heavy atom. The third-order valence-electron chi connectivity index (χ3n) is 4.83. The van der Waals surface area contributed by atoms with Crippen molar-refractivity contribution in [3.63, 3.8) is 0 Å². The van der Waals surface area contributed by atoms with Crippen molar-refractivity contribution in [3.8, 4) is 0 Å². The van der Waals surface area contributed by atoms with Crippen molar-refractivity contribution in [2.75, 3.05) is 32.5 Å². The van der Waals surface area contributed by atoms with Crippen LogP contribution >= 0.6 is 0 Å². The minimum atomic E-state index is -3.22. The van der Waals surface area contributed by atoms with E-state index in [9.17, 15) is 13.2 Å². The molecule has 0 spiro atoms. The van der Waals surface area contributed by atoms with Gasteiger partial charge in [-0.25, -0.2) is 8.42 Å². The SMILES string of the molecule is CS(=O)(=O)N1CCOC(CNC(=O)CCc2n[nH]c3c2CCCC3)C1. The van der Waals surface area contributed by atoms with E-state index >= 15 is 0 Å². The Hall–Kier alpha value is -1.45. The van der Waals surface area contributed by atoms with E-state index in [0.29, 0.717) is 32.5 Å². The molecule has 1 saturated heterocycles. The first-order valence-corrected chi connectivity index (χ1v) is 10.7. The van der Waals surface area contributed by atoms with E-state index in [-0.39, 0.29) is 18.6 Å². The Labute approximate surface area is 148 Å². The number of carbonyl (C=O) groups is 1. The summed E-state index contributed by atoms with van der Waals surface area (Å²) in [6.45, 7) is 1.33. The first kappa shape index (κ1) is 18.3. The van der Waals surface area contributed by atoms with Crippen LogP contribution in [0.1, 0.15) is 36.2 Å². The number of nitrogens with one attached hydrogen (secondary N) is 2. The molecule has 1 atom stereocenters. The third-order valence-corrected chi connectivity index (χ3v) is 6.10. The van der Waals surface area contributed by atoms with Gasteiger partial charge in [-0.2, -0.15) is 9.40 Å². The molecule has 2 N–H and O–H groups in total. The van der Waals surface area contributed by atoms with Crippen LogP contribution in [0, 0.1) is 0 Å². The fourth-order valence-electron chi connectivity index (χ4n) is 3.42. The average molecular weight is 370 g/mol. The number of sulfonamides is 1. The van der Waals surface area contributed by atoms with Crippen molar-refractivity contribution < 1.29 is 17.9 Å². The molecule has 1 aromatic heterocycles. The van der Waals surface area contributed by atoms with Crippen LogP contribution in [0.4, 0.5) is 0 Å². The summed E-state index contributed by atoms with van der Waals surface area (Å²) in [5.74, 6) is -0.0624. The lowest BCUT2D eigenvalue weighted by Gasteiger charge is -2.31. The molecule has 0 saturated carbocycles. The fourth-order valence-corrected chi connectivity index (χ4v) is 4.26. The highest BCUT2D eigenvalue weighted by molar-refractivity contribution is 7.88. The molecule has 9 heteroatoms. The minimum Gasteiger partial charge on any atom is -0.374 e. The topological polar surface area (TPSA) is 104 Å². The van der Waals surface area contributed by atoms with Gasteiger partial charge in [-0.1, -0.05) is 0 Å². The summed E-state index contributed by atoms with van der Waals surface area (Å²) in [7, 11) is -3.22. The number of ether oxygens (including phenoxy) is 1. The zero-order chi connectivity index (χ0) is 17.9. The lowest BCUT2D eigenvalue weighted by molar-refractivity contribution is -0.122. The van der Waals surface area contributed by atoms with E-state index in [2.05, 4.69) is 15.5 Å². The number of nitrogens with zero attached hydrogens (tertiary/aromatic N) is 2. The van der Waals surface area contributed by atoms with Gasteiger partial charge in [0.1, 0.15) is 0 Å². The molecule has 3 rings (SSSR count). The molecular weight excluding hydrogens is 344 g/mol. The number of morpholine rings is 1. The molecule has 1 fully saturated rings. The van der Waals surface area contributed by atoms with Gasteiger partial charge in [0, 0.05) is 38.2 Å². The van der Waals surface area contributed by atoms with Gasteiger partial charge >= 0.3 is 0 Å². The van der Waals surface area contributed by atoms with Gasteiger partial charge in [-0.3, -0.25) is 9.89 Å². The Bertz CT molecular complexity index is 716. The lowest BCUT2D eigenvalue weighted by Crippen LogP contribution is -2.49. The van der Waals surface area contributed by atoms with Crippen molar-refractivity contribution in [1.29, 1.82) is 0 Å². The van der Waals surface area contributed by atoms with Crippen LogP contribution in [-0.2, 0) is 38.8 Å². The summed E-state index contributed by atoms with van der Waals surface area (Å²) < 4.78 is 30.1. The Morgan fingerprint density at radius 1 is 1.40 bits per heavy atom. The summed E-state index contributed by atoms with van der Waals surface area (Å²) in [6.07, 6.45) is 6.36. The normalized spacial score (nSPS) is 21.7. The van der Waals surface area contributed by atoms with Gasteiger partial charge in [-0.15, -0.1) is 0 Å². The van der Waals surface area contributed by atoms with Gasteiger partial charge in [0.05, 0.1) is 24.7 Å². The van der Waals surface area contributed by atoms with Crippen LogP contribution < -0.4 is 5.32 Å². The Balaban J connectivity index is 1.43. The quantitative estimate of drug-likeness (QED) is 0.733. The number of carbonyl (C=O) groups excluding carboxylic acids is 1.